The van der Waals surface area contributed by atoms with Crippen LogP contribution < -0.4 is 5.32 Å². The van der Waals surface area contributed by atoms with Crippen LogP contribution in [0.2, 0.25) is 0 Å². The molecule has 2 unspecified atom stereocenters. The maximum absolute atomic E-state index is 10.1. The summed E-state index contributed by atoms with van der Waals surface area (Å²) in [7, 11) is 0. The van der Waals surface area contributed by atoms with Gasteiger partial charge in [-0.2, -0.15) is 0 Å². The highest BCUT2D eigenvalue weighted by atomic mass is 16.4. The summed E-state index contributed by atoms with van der Waals surface area (Å²) >= 11 is 0. The summed E-state index contributed by atoms with van der Waals surface area (Å²) in [6, 6.07) is -0.269. The number of aliphatic carboxylic acids is 5. The molecule has 27 heavy (non-hydrogen) atoms. The van der Waals surface area contributed by atoms with Gasteiger partial charge in [0.25, 0.3) is 5.97 Å². The molecule has 1 fully saturated rings. The van der Waals surface area contributed by atoms with Crippen molar-refractivity contribution in [1.29, 1.82) is 0 Å². The van der Waals surface area contributed by atoms with E-state index in [1.807, 2.05) is 0 Å². The Balaban J connectivity index is -0.000000293. The van der Waals surface area contributed by atoms with Gasteiger partial charge in [0.2, 0.25) is 0 Å². The van der Waals surface area contributed by atoms with Gasteiger partial charge < -0.3 is 36.0 Å². The zero-order valence-electron chi connectivity index (χ0n) is 15.1. The van der Waals surface area contributed by atoms with Crippen molar-refractivity contribution >= 4 is 29.8 Å². The van der Waals surface area contributed by atoms with Crippen LogP contribution in [-0.4, -0.2) is 79.2 Å². The summed E-state index contributed by atoms with van der Waals surface area (Å²) < 4.78 is 0. The summed E-state index contributed by atoms with van der Waals surface area (Å²) in [5, 5.41) is 50.7. The first-order valence-corrected chi connectivity index (χ1v) is 7.85. The van der Waals surface area contributed by atoms with Crippen molar-refractivity contribution in [2.24, 2.45) is 0 Å². The molecule has 1 heterocycles. The van der Waals surface area contributed by atoms with E-state index in [4.69, 9.17) is 35.4 Å². The summed E-state index contributed by atoms with van der Waals surface area (Å²) in [6.07, 6.45) is 0.284. The quantitative estimate of drug-likeness (QED) is 0.307. The maximum atomic E-state index is 10.1. The number of hydrogen-bond donors (Lipinski definition) is 7. The van der Waals surface area contributed by atoms with Crippen LogP contribution >= 0.6 is 0 Å². The lowest BCUT2D eigenvalue weighted by Crippen LogP contribution is -2.29. The first-order chi connectivity index (χ1) is 12.3. The predicted octanol–water partition coefficient (Wildman–Crippen LogP) is -0.308. The van der Waals surface area contributed by atoms with E-state index in [0.29, 0.717) is 0 Å². The van der Waals surface area contributed by atoms with Gasteiger partial charge in [-0.15, -0.1) is 0 Å². The lowest BCUT2D eigenvalue weighted by atomic mass is 10.2. The van der Waals surface area contributed by atoms with Gasteiger partial charge in [0, 0.05) is 6.92 Å². The van der Waals surface area contributed by atoms with Crippen molar-refractivity contribution in [2.75, 3.05) is 6.54 Å². The highest BCUT2D eigenvalue weighted by Gasteiger charge is 2.20. The second kappa shape index (κ2) is 18.1. The van der Waals surface area contributed by atoms with E-state index in [9.17, 15) is 19.2 Å². The number of hydrogen-bond acceptors (Lipinski definition) is 7. The zero-order chi connectivity index (χ0) is 22.0. The highest BCUT2D eigenvalue weighted by molar-refractivity contribution is 5.75. The molecule has 1 saturated heterocycles. The normalized spacial score (nSPS) is 15.3. The van der Waals surface area contributed by atoms with Crippen LogP contribution in [-0.2, 0) is 24.0 Å². The van der Waals surface area contributed by atoms with Gasteiger partial charge in [-0.3, -0.25) is 19.2 Å². The van der Waals surface area contributed by atoms with Gasteiger partial charge in [0.05, 0.1) is 12.8 Å². The third kappa shape index (κ3) is 28.4. The van der Waals surface area contributed by atoms with E-state index in [1.54, 1.807) is 6.92 Å². The van der Waals surface area contributed by atoms with Crippen LogP contribution in [0.25, 0.3) is 0 Å². The zero-order valence-corrected chi connectivity index (χ0v) is 15.1. The van der Waals surface area contributed by atoms with Crippen molar-refractivity contribution < 1.29 is 54.6 Å². The Kier molecular flexibility index (Phi) is 19.4. The van der Waals surface area contributed by atoms with E-state index in [-0.39, 0.29) is 25.3 Å². The molecule has 0 aromatic rings. The molecule has 1 aliphatic rings. The smallest absolute Gasteiger partial charge is 0.332 e. The molecule has 0 spiro atoms. The van der Waals surface area contributed by atoms with Gasteiger partial charge in [-0.1, -0.05) is 6.92 Å². The van der Waals surface area contributed by atoms with Crippen LogP contribution in [0.15, 0.2) is 0 Å². The van der Waals surface area contributed by atoms with E-state index >= 15 is 0 Å². The van der Waals surface area contributed by atoms with E-state index in [2.05, 4.69) is 5.32 Å². The number of nitrogens with one attached hydrogen (secondary N) is 1. The van der Waals surface area contributed by atoms with Gasteiger partial charge in [0.1, 0.15) is 6.04 Å². The van der Waals surface area contributed by atoms with E-state index in [0.717, 1.165) is 26.3 Å². The molecule has 0 radical (unpaired) electrons. The molecule has 0 aromatic carbocycles. The van der Waals surface area contributed by atoms with Crippen LogP contribution in [0.4, 0.5) is 0 Å². The average Bonchev–Trinajstić information content (AvgIpc) is 3.07. The second-order valence-corrected chi connectivity index (χ2v) is 5.06. The summed E-state index contributed by atoms with van der Waals surface area (Å²) in [6.45, 7) is 3.55. The Morgan fingerprint density at radius 1 is 0.963 bits per heavy atom. The Morgan fingerprint density at radius 2 is 1.37 bits per heavy atom. The van der Waals surface area contributed by atoms with Crippen molar-refractivity contribution in [3.8, 4) is 0 Å². The molecule has 1 aliphatic heterocycles. The number of carboxylic acid groups (broad SMARTS) is 5. The van der Waals surface area contributed by atoms with Crippen molar-refractivity contribution in [3.05, 3.63) is 0 Å². The van der Waals surface area contributed by atoms with Crippen molar-refractivity contribution in [1.82, 2.24) is 5.32 Å². The molecule has 12 nitrogen and oxygen atoms in total. The average molecular weight is 397 g/mol. The molecule has 158 valence electrons. The van der Waals surface area contributed by atoms with Gasteiger partial charge in [-0.05, 0) is 25.8 Å². The number of aliphatic hydroxyl groups excluding tert-OH is 1. The molecule has 12 heteroatoms. The Labute approximate surface area is 155 Å². The number of carboxylic acids is 5. The fourth-order valence-electron chi connectivity index (χ4n) is 1.28. The number of carbonyl (C=O) groups is 5. The van der Waals surface area contributed by atoms with Gasteiger partial charge in [-0.25, -0.2) is 4.79 Å². The third-order valence-corrected chi connectivity index (χ3v) is 2.58. The van der Waals surface area contributed by atoms with Crippen LogP contribution in [0, 0.1) is 0 Å². The fraction of sp³-hybridized carbons (Fsp3) is 0.667. The highest BCUT2D eigenvalue weighted by Crippen LogP contribution is 2.03. The van der Waals surface area contributed by atoms with Crippen LogP contribution in [0.5, 0.6) is 0 Å². The van der Waals surface area contributed by atoms with Crippen molar-refractivity contribution in [3.63, 3.8) is 0 Å². The monoisotopic (exact) mass is 397 g/mol. The Morgan fingerprint density at radius 3 is 1.48 bits per heavy atom. The summed E-state index contributed by atoms with van der Waals surface area (Å²) in [4.78, 5) is 48.1. The van der Waals surface area contributed by atoms with Crippen molar-refractivity contribution in [2.45, 2.75) is 58.1 Å². The lowest BCUT2D eigenvalue weighted by molar-refractivity contribution is -0.146. The molecular weight excluding hydrogens is 370 g/mol. The Hall–Kier alpha value is -2.73. The standard InChI is InChI=1S/C5H9NO2.C4H6O4.C4H8O3.C2H4O2/c7-5(8)4-2-1-3-6-4;5-3(6)1-2-4(7)8;1-2-3(5)4(6)7;1-2(3)4/h4,6H,1-3H2,(H,7,8);1-2H2,(H,5,6)(H,7,8);3,5H,2H2,1H3,(H,6,7);1H3,(H,3,4). The lowest BCUT2D eigenvalue weighted by Gasteiger charge is -1.99. The minimum absolute atomic E-state index is 0.269. The number of rotatable bonds is 6. The molecule has 0 aromatic heterocycles. The molecule has 7 N–H and O–H groups in total. The maximum Gasteiger partial charge on any atom is 0.332 e. The molecule has 0 amide bonds. The second-order valence-electron chi connectivity index (χ2n) is 5.06. The van der Waals surface area contributed by atoms with Crippen LogP contribution in [0.1, 0.15) is 46.0 Å². The summed E-state index contributed by atoms with van der Waals surface area (Å²) in [5.41, 5.74) is 0. The first kappa shape index (κ1) is 29.0. The molecule has 0 saturated carbocycles. The third-order valence-electron chi connectivity index (χ3n) is 2.58. The molecule has 0 bridgehead atoms. The van der Waals surface area contributed by atoms with Gasteiger partial charge in [0.15, 0.2) is 6.10 Å². The minimum atomic E-state index is -1.18. The SMILES string of the molecule is CC(=O)O.CCC(O)C(=O)O.O=C(O)C1CCCN1.O=C(O)CCC(=O)O. The van der Waals surface area contributed by atoms with Gasteiger partial charge >= 0.3 is 23.9 Å². The largest absolute Gasteiger partial charge is 0.481 e. The molecule has 1 rings (SSSR count). The Bertz CT molecular complexity index is 454. The first-order valence-electron chi connectivity index (χ1n) is 7.85. The summed E-state index contributed by atoms with van der Waals surface area (Å²) in [5.74, 6) is -4.86. The fourth-order valence-corrected chi connectivity index (χ4v) is 1.28. The molecular formula is C15H27NO11. The number of aliphatic hydroxyl groups is 1. The molecule has 0 aliphatic carbocycles. The topological polar surface area (TPSA) is 219 Å². The van der Waals surface area contributed by atoms with Crippen LogP contribution in [0.3, 0.4) is 0 Å². The van der Waals surface area contributed by atoms with E-state index < -0.39 is 36.0 Å². The molecule has 2 atom stereocenters. The minimum Gasteiger partial charge on any atom is -0.481 e. The van der Waals surface area contributed by atoms with E-state index in [1.165, 1.54) is 0 Å². The predicted molar refractivity (Wildman–Crippen MR) is 90.4 cm³/mol.